The summed E-state index contributed by atoms with van der Waals surface area (Å²) in [6.45, 7) is 4.92. The van der Waals surface area contributed by atoms with Crippen LogP contribution in [0.2, 0.25) is 0 Å². The molecule has 1 aromatic carbocycles. The van der Waals surface area contributed by atoms with E-state index >= 15 is 0 Å². The second-order valence-electron chi connectivity index (χ2n) is 6.25. The average molecular weight is 374 g/mol. The van der Waals surface area contributed by atoms with Gasteiger partial charge in [0.05, 0.1) is 18.4 Å². The van der Waals surface area contributed by atoms with Crippen LogP contribution in [0.15, 0.2) is 29.4 Å². The van der Waals surface area contributed by atoms with Gasteiger partial charge in [-0.1, -0.05) is 23.9 Å². The van der Waals surface area contributed by atoms with E-state index in [1.54, 1.807) is 24.3 Å². The summed E-state index contributed by atoms with van der Waals surface area (Å²) in [4.78, 5) is 23.7. The topological polar surface area (TPSA) is 86.1 Å². The molecule has 1 aliphatic heterocycles. The van der Waals surface area contributed by atoms with Gasteiger partial charge in [0, 0.05) is 17.9 Å². The Bertz CT molecular complexity index is 799. The lowest BCUT2D eigenvalue weighted by molar-refractivity contribution is -0.113. The van der Waals surface area contributed by atoms with E-state index < -0.39 is 0 Å². The van der Waals surface area contributed by atoms with Crippen LogP contribution in [0, 0.1) is 6.92 Å². The van der Waals surface area contributed by atoms with Crippen molar-refractivity contribution >= 4 is 29.1 Å². The summed E-state index contributed by atoms with van der Waals surface area (Å²) in [7, 11) is 0. The number of benzene rings is 1. The molecule has 0 saturated carbocycles. The number of aryl methyl sites for hydroxylation is 1. The van der Waals surface area contributed by atoms with Crippen molar-refractivity contribution in [3.8, 4) is 0 Å². The molecule has 0 radical (unpaired) electrons. The van der Waals surface area contributed by atoms with Gasteiger partial charge in [0.1, 0.15) is 5.82 Å². The summed E-state index contributed by atoms with van der Waals surface area (Å²) in [5.41, 5.74) is 1.18. The van der Waals surface area contributed by atoms with E-state index in [4.69, 9.17) is 4.74 Å². The molecule has 1 atom stereocenters. The first-order valence-electron chi connectivity index (χ1n) is 8.58. The third kappa shape index (κ3) is 4.70. The number of carbonyl (C=O) groups is 2. The summed E-state index contributed by atoms with van der Waals surface area (Å²) in [5, 5.41) is 11.8. The van der Waals surface area contributed by atoms with Crippen molar-refractivity contribution in [2.75, 3.05) is 17.7 Å². The van der Waals surface area contributed by atoms with Crippen LogP contribution in [0.4, 0.5) is 5.69 Å². The van der Waals surface area contributed by atoms with Crippen molar-refractivity contribution in [3.05, 3.63) is 35.7 Å². The van der Waals surface area contributed by atoms with Gasteiger partial charge in [-0.3, -0.25) is 9.59 Å². The maximum atomic E-state index is 12.2. The Hall–Kier alpha value is -2.19. The highest BCUT2D eigenvalue weighted by atomic mass is 32.2. The lowest BCUT2D eigenvalue weighted by Crippen LogP contribution is -2.18. The minimum absolute atomic E-state index is 0.0341. The van der Waals surface area contributed by atoms with Crippen molar-refractivity contribution < 1.29 is 14.3 Å². The van der Waals surface area contributed by atoms with E-state index in [-0.39, 0.29) is 23.5 Å². The second-order valence-corrected chi connectivity index (χ2v) is 7.19. The van der Waals surface area contributed by atoms with Crippen LogP contribution >= 0.6 is 11.8 Å². The second kappa shape index (κ2) is 8.46. The Morgan fingerprint density at radius 3 is 2.96 bits per heavy atom. The van der Waals surface area contributed by atoms with Gasteiger partial charge < -0.3 is 14.6 Å². The smallest absolute Gasteiger partial charge is 0.234 e. The molecule has 26 heavy (non-hydrogen) atoms. The molecule has 1 aliphatic rings. The van der Waals surface area contributed by atoms with Gasteiger partial charge in [-0.15, -0.1) is 10.2 Å². The third-order valence-corrected chi connectivity index (χ3v) is 5.16. The molecule has 2 heterocycles. The maximum absolute atomic E-state index is 12.2. The third-order valence-electron chi connectivity index (χ3n) is 4.20. The van der Waals surface area contributed by atoms with Crippen molar-refractivity contribution in [2.24, 2.45) is 0 Å². The average Bonchev–Trinajstić information content (AvgIpc) is 3.25. The molecule has 3 rings (SSSR count). The fraction of sp³-hybridized carbons (Fsp3) is 0.444. The van der Waals surface area contributed by atoms with E-state index in [1.165, 1.54) is 18.7 Å². The molecule has 2 aromatic rings. The molecule has 138 valence electrons. The van der Waals surface area contributed by atoms with Crippen LogP contribution in [0.1, 0.15) is 35.9 Å². The van der Waals surface area contributed by atoms with Crippen LogP contribution in [0.25, 0.3) is 0 Å². The van der Waals surface area contributed by atoms with Gasteiger partial charge in [-0.2, -0.15) is 0 Å². The maximum Gasteiger partial charge on any atom is 0.234 e. The number of amides is 1. The molecule has 1 N–H and O–H groups in total. The number of Topliss-reactive ketones (excluding diaryl/α,β-unsaturated/α-hetero) is 1. The molecule has 8 heteroatoms. The summed E-state index contributed by atoms with van der Waals surface area (Å²) in [6, 6.07) is 6.91. The Morgan fingerprint density at radius 2 is 2.23 bits per heavy atom. The number of nitrogens with one attached hydrogen (secondary N) is 1. The van der Waals surface area contributed by atoms with Crippen LogP contribution in [-0.4, -0.2) is 44.9 Å². The molecule has 1 unspecified atom stereocenters. The SMILES string of the molecule is CC(=O)c1cccc(NC(=O)CSc2nnc(C)n2CC2CCCO2)c1. The number of nitrogens with zero attached hydrogens (tertiary/aromatic N) is 3. The van der Waals surface area contributed by atoms with E-state index in [1.807, 2.05) is 11.5 Å². The zero-order chi connectivity index (χ0) is 18.5. The molecule has 0 aliphatic carbocycles. The summed E-state index contributed by atoms with van der Waals surface area (Å²) < 4.78 is 7.68. The Morgan fingerprint density at radius 1 is 1.38 bits per heavy atom. The van der Waals surface area contributed by atoms with Crippen molar-refractivity contribution in [1.82, 2.24) is 14.8 Å². The number of carbonyl (C=O) groups excluding carboxylic acids is 2. The summed E-state index contributed by atoms with van der Waals surface area (Å²) in [6.07, 6.45) is 2.30. The first-order valence-corrected chi connectivity index (χ1v) is 9.56. The van der Waals surface area contributed by atoms with E-state index in [0.29, 0.717) is 23.0 Å². The summed E-state index contributed by atoms with van der Waals surface area (Å²) >= 11 is 1.34. The quantitative estimate of drug-likeness (QED) is 0.592. The largest absolute Gasteiger partial charge is 0.376 e. The Kier molecular flexibility index (Phi) is 6.05. The van der Waals surface area contributed by atoms with Crippen LogP contribution in [0.5, 0.6) is 0 Å². The van der Waals surface area contributed by atoms with Crippen LogP contribution in [-0.2, 0) is 16.1 Å². The first-order chi connectivity index (χ1) is 12.5. The number of thioether (sulfide) groups is 1. The molecular formula is C18H22N4O3S. The van der Waals surface area contributed by atoms with Gasteiger partial charge in [0.15, 0.2) is 10.9 Å². The Labute approximate surface area is 156 Å². The van der Waals surface area contributed by atoms with Crippen LogP contribution in [0.3, 0.4) is 0 Å². The van der Waals surface area contributed by atoms with Gasteiger partial charge in [-0.25, -0.2) is 0 Å². The number of ether oxygens (including phenoxy) is 1. The monoisotopic (exact) mass is 374 g/mol. The molecule has 0 bridgehead atoms. The van der Waals surface area contributed by atoms with Gasteiger partial charge in [0.25, 0.3) is 0 Å². The molecule has 7 nitrogen and oxygen atoms in total. The van der Waals surface area contributed by atoms with Gasteiger partial charge in [0.2, 0.25) is 5.91 Å². The van der Waals surface area contributed by atoms with Gasteiger partial charge in [-0.05, 0) is 38.8 Å². The number of anilines is 1. The van der Waals surface area contributed by atoms with E-state index in [9.17, 15) is 9.59 Å². The van der Waals surface area contributed by atoms with Gasteiger partial charge >= 0.3 is 0 Å². The zero-order valence-corrected chi connectivity index (χ0v) is 15.7. The molecule has 0 spiro atoms. The highest BCUT2D eigenvalue weighted by Gasteiger charge is 2.20. The predicted octanol–water partition coefficient (Wildman–Crippen LogP) is 2.70. The van der Waals surface area contributed by atoms with E-state index in [2.05, 4.69) is 15.5 Å². The molecule has 1 fully saturated rings. The predicted molar refractivity (Wildman–Crippen MR) is 99.5 cm³/mol. The minimum atomic E-state index is -0.153. The fourth-order valence-corrected chi connectivity index (χ4v) is 3.61. The summed E-state index contributed by atoms with van der Waals surface area (Å²) in [5.74, 6) is 0.847. The fourth-order valence-electron chi connectivity index (χ4n) is 2.81. The number of aromatic nitrogens is 3. The number of hydrogen-bond donors (Lipinski definition) is 1. The standard InChI is InChI=1S/C18H22N4O3S/c1-12(23)14-5-3-6-15(9-14)19-17(24)11-26-18-21-20-13(2)22(18)10-16-7-4-8-25-16/h3,5-6,9,16H,4,7-8,10-11H2,1-2H3,(H,19,24). The lowest BCUT2D eigenvalue weighted by atomic mass is 10.1. The van der Waals surface area contributed by atoms with Crippen LogP contribution < -0.4 is 5.32 Å². The highest BCUT2D eigenvalue weighted by Crippen LogP contribution is 2.21. The molecular weight excluding hydrogens is 352 g/mol. The highest BCUT2D eigenvalue weighted by molar-refractivity contribution is 7.99. The molecule has 1 saturated heterocycles. The molecule has 1 amide bonds. The minimum Gasteiger partial charge on any atom is -0.376 e. The first kappa shape index (κ1) is 18.6. The lowest BCUT2D eigenvalue weighted by Gasteiger charge is -2.13. The normalized spacial score (nSPS) is 16.6. The van der Waals surface area contributed by atoms with Crippen molar-refractivity contribution in [1.29, 1.82) is 0 Å². The van der Waals surface area contributed by atoms with Crippen molar-refractivity contribution in [3.63, 3.8) is 0 Å². The zero-order valence-electron chi connectivity index (χ0n) is 14.9. The Balaban J connectivity index is 1.58. The van der Waals surface area contributed by atoms with E-state index in [0.717, 1.165) is 25.3 Å². The number of rotatable bonds is 7. The number of hydrogen-bond acceptors (Lipinski definition) is 6. The van der Waals surface area contributed by atoms with Crippen molar-refractivity contribution in [2.45, 2.75) is 44.5 Å². The number of ketones is 1. The molecule has 1 aromatic heterocycles.